The number of benzene rings is 2. The summed E-state index contributed by atoms with van der Waals surface area (Å²) in [5.74, 6) is -0.889. The number of hydrogen-bond donors (Lipinski definition) is 2. The highest BCUT2D eigenvalue weighted by molar-refractivity contribution is 7.92. The number of likely N-dealkylation sites (N-methyl/N-ethyl adjacent to an activating group) is 1. The zero-order valence-corrected chi connectivity index (χ0v) is 21.8. The molecule has 38 heavy (non-hydrogen) atoms. The SMILES string of the molecule is COc1cc(Cn2cc(CNC(=O)/C=C/CN(C)C)cn2)cc2onc(NS(=O)(=O)c3ccccc3F)c12. The molecule has 0 aliphatic heterocycles. The highest BCUT2D eigenvalue weighted by atomic mass is 32.2. The Balaban J connectivity index is 1.48. The number of carbonyl (C=O) groups excluding carboxylic acids is 1. The van der Waals surface area contributed by atoms with Gasteiger partial charge in [0, 0.05) is 30.9 Å². The zero-order valence-electron chi connectivity index (χ0n) is 21.0. The topological polar surface area (TPSA) is 132 Å². The largest absolute Gasteiger partial charge is 0.496 e. The van der Waals surface area contributed by atoms with Gasteiger partial charge in [-0.1, -0.05) is 23.4 Å². The van der Waals surface area contributed by atoms with Crippen LogP contribution < -0.4 is 14.8 Å². The Morgan fingerprint density at radius 2 is 2.03 bits per heavy atom. The third kappa shape index (κ3) is 6.36. The number of nitrogens with zero attached hydrogens (tertiary/aromatic N) is 4. The molecule has 0 fully saturated rings. The molecule has 0 radical (unpaired) electrons. The fourth-order valence-corrected chi connectivity index (χ4v) is 4.73. The number of nitrogens with one attached hydrogen (secondary N) is 2. The van der Waals surface area contributed by atoms with E-state index in [9.17, 15) is 17.6 Å². The van der Waals surface area contributed by atoms with Crippen LogP contribution >= 0.6 is 0 Å². The summed E-state index contributed by atoms with van der Waals surface area (Å²) in [5, 5.41) is 11.3. The molecule has 0 atom stereocenters. The lowest BCUT2D eigenvalue weighted by Gasteiger charge is -2.09. The molecule has 0 spiro atoms. The van der Waals surface area contributed by atoms with E-state index in [1.54, 1.807) is 35.3 Å². The number of carbonyl (C=O) groups is 1. The average Bonchev–Trinajstić information content (AvgIpc) is 3.48. The quantitative estimate of drug-likeness (QED) is 0.277. The predicted molar refractivity (Wildman–Crippen MR) is 139 cm³/mol. The molecule has 2 N–H and O–H groups in total. The van der Waals surface area contributed by atoms with Crippen molar-refractivity contribution in [3.8, 4) is 5.75 Å². The summed E-state index contributed by atoms with van der Waals surface area (Å²) in [6.45, 7) is 1.34. The summed E-state index contributed by atoms with van der Waals surface area (Å²) in [4.78, 5) is 13.4. The highest BCUT2D eigenvalue weighted by Gasteiger charge is 2.24. The molecular formula is C25H27FN6O5S. The molecule has 2 aromatic carbocycles. The molecule has 2 heterocycles. The second kappa shape index (κ2) is 11.4. The monoisotopic (exact) mass is 542 g/mol. The molecule has 0 unspecified atom stereocenters. The van der Waals surface area contributed by atoms with Gasteiger partial charge in [0.2, 0.25) is 5.91 Å². The minimum absolute atomic E-state index is 0.122. The van der Waals surface area contributed by atoms with Crippen LogP contribution in [0, 0.1) is 5.82 Å². The van der Waals surface area contributed by atoms with E-state index in [1.807, 2.05) is 19.0 Å². The van der Waals surface area contributed by atoms with Gasteiger partial charge in [-0.05, 0) is 43.9 Å². The average molecular weight is 543 g/mol. The smallest absolute Gasteiger partial charge is 0.266 e. The van der Waals surface area contributed by atoms with Crippen LogP contribution in [0.15, 0.2) is 70.4 Å². The molecular weight excluding hydrogens is 515 g/mol. The van der Waals surface area contributed by atoms with Gasteiger partial charge in [-0.2, -0.15) is 5.10 Å². The van der Waals surface area contributed by atoms with E-state index in [2.05, 4.69) is 20.3 Å². The standard InChI is InChI=1S/C25H27FN6O5S/c1-31(2)10-6-9-23(33)27-13-18-14-28-32(16-18)15-17-11-20(36-3)24-21(12-17)37-29-25(24)30-38(34,35)22-8-5-4-7-19(22)26/h4-9,11-12,14,16H,10,13,15H2,1-3H3,(H,27,33)(H,29,30)/b9-6+. The van der Waals surface area contributed by atoms with Crippen molar-refractivity contribution in [3.05, 3.63) is 77.9 Å². The summed E-state index contributed by atoms with van der Waals surface area (Å²) in [6.07, 6.45) is 6.73. The molecule has 0 saturated heterocycles. The summed E-state index contributed by atoms with van der Waals surface area (Å²) in [7, 11) is 1.01. The van der Waals surface area contributed by atoms with Crippen LogP contribution in [0.25, 0.3) is 11.0 Å². The Bertz CT molecular complexity index is 1580. The van der Waals surface area contributed by atoms with Crippen molar-refractivity contribution in [3.63, 3.8) is 0 Å². The van der Waals surface area contributed by atoms with Crippen LogP contribution in [0.4, 0.5) is 10.2 Å². The van der Waals surface area contributed by atoms with E-state index < -0.39 is 20.7 Å². The van der Waals surface area contributed by atoms with Crippen LogP contribution in [0.1, 0.15) is 11.1 Å². The third-order valence-corrected chi connectivity index (χ3v) is 6.78. The first-order valence-corrected chi connectivity index (χ1v) is 13.0. The van der Waals surface area contributed by atoms with Crippen LogP contribution in [-0.4, -0.2) is 61.9 Å². The van der Waals surface area contributed by atoms with Crippen molar-refractivity contribution in [2.24, 2.45) is 0 Å². The number of sulfonamides is 1. The number of aromatic nitrogens is 3. The summed E-state index contributed by atoms with van der Waals surface area (Å²) >= 11 is 0. The molecule has 0 bridgehead atoms. The van der Waals surface area contributed by atoms with Gasteiger partial charge in [0.05, 0.1) is 19.9 Å². The van der Waals surface area contributed by atoms with E-state index in [4.69, 9.17) is 9.26 Å². The van der Waals surface area contributed by atoms with E-state index >= 15 is 0 Å². The normalized spacial score (nSPS) is 11.9. The Labute approximate surface area is 218 Å². The molecule has 2 aromatic heterocycles. The van der Waals surface area contributed by atoms with E-state index in [0.717, 1.165) is 23.3 Å². The Morgan fingerprint density at radius 1 is 1.24 bits per heavy atom. The Hall–Kier alpha value is -4.23. The molecule has 1 amide bonds. The van der Waals surface area contributed by atoms with Crippen molar-refractivity contribution >= 4 is 32.7 Å². The number of fused-ring (bicyclic) bond motifs is 1. The number of rotatable bonds is 11. The first-order chi connectivity index (χ1) is 18.2. The van der Waals surface area contributed by atoms with Crippen molar-refractivity contribution in [1.82, 2.24) is 25.2 Å². The first kappa shape index (κ1) is 26.8. The van der Waals surface area contributed by atoms with E-state index in [0.29, 0.717) is 30.8 Å². The predicted octanol–water partition coefficient (Wildman–Crippen LogP) is 2.76. The van der Waals surface area contributed by atoms with Gasteiger partial charge in [0.15, 0.2) is 11.4 Å². The minimum Gasteiger partial charge on any atom is -0.496 e. The Kier molecular flexibility index (Phi) is 8.08. The summed E-state index contributed by atoms with van der Waals surface area (Å²) in [5.41, 5.74) is 1.84. The fourth-order valence-electron chi connectivity index (χ4n) is 3.65. The molecule has 200 valence electrons. The van der Waals surface area contributed by atoms with Crippen molar-refractivity contribution in [2.75, 3.05) is 32.5 Å². The van der Waals surface area contributed by atoms with Gasteiger partial charge in [-0.25, -0.2) is 12.8 Å². The lowest BCUT2D eigenvalue weighted by atomic mass is 10.1. The summed E-state index contributed by atoms with van der Waals surface area (Å²) in [6, 6.07) is 8.42. The number of ether oxygens (including phenoxy) is 1. The van der Waals surface area contributed by atoms with Gasteiger partial charge >= 0.3 is 0 Å². The van der Waals surface area contributed by atoms with E-state index in [-0.39, 0.29) is 17.3 Å². The van der Waals surface area contributed by atoms with Crippen molar-refractivity contribution < 1.29 is 26.9 Å². The lowest BCUT2D eigenvalue weighted by Crippen LogP contribution is -2.20. The van der Waals surface area contributed by atoms with Crippen LogP contribution in [0.3, 0.4) is 0 Å². The van der Waals surface area contributed by atoms with E-state index in [1.165, 1.54) is 25.3 Å². The summed E-state index contributed by atoms with van der Waals surface area (Å²) < 4.78 is 54.3. The molecule has 13 heteroatoms. The maximum Gasteiger partial charge on any atom is 0.266 e. The maximum atomic E-state index is 14.1. The van der Waals surface area contributed by atoms with Crippen LogP contribution in [0.2, 0.25) is 0 Å². The number of amides is 1. The van der Waals surface area contributed by atoms with Gasteiger partial charge < -0.3 is 19.5 Å². The highest BCUT2D eigenvalue weighted by Crippen LogP contribution is 2.35. The maximum absolute atomic E-state index is 14.1. The number of hydrogen-bond acceptors (Lipinski definition) is 8. The number of anilines is 1. The van der Waals surface area contributed by atoms with Gasteiger partial charge in [-0.15, -0.1) is 0 Å². The minimum atomic E-state index is -4.26. The van der Waals surface area contributed by atoms with Crippen LogP contribution in [0.5, 0.6) is 5.75 Å². The molecule has 11 nitrogen and oxygen atoms in total. The van der Waals surface area contributed by atoms with Crippen molar-refractivity contribution in [1.29, 1.82) is 0 Å². The molecule has 4 aromatic rings. The molecule has 0 aliphatic carbocycles. The third-order valence-electron chi connectivity index (χ3n) is 5.41. The van der Waals surface area contributed by atoms with Gasteiger partial charge in [-0.3, -0.25) is 14.2 Å². The fraction of sp³-hybridized carbons (Fsp3) is 0.240. The second-order valence-electron chi connectivity index (χ2n) is 8.67. The van der Waals surface area contributed by atoms with Gasteiger partial charge in [0.25, 0.3) is 10.0 Å². The second-order valence-corrected chi connectivity index (χ2v) is 10.3. The lowest BCUT2D eigenvalue weighted by molar-refractivity contribution is -0.116. The number of methoxy groups -OCH3 is 1. The molecule has 0 saturated carbocycles. The Morgan fingerprint density at radius 3 is 2.76 bits per heavy atom. The first-order valence-electron chi connectivity index (χ1n) is 11.5. The van der Waals surface area contributed by atoms with Crippen molar-refractivity contribution in [2.45, 2.75) is 18.0 Å². The van der Waals surface area contributed by atoms with Gasteiger partial charge in [0.1, 0.15) is 21.8 Å². The zero-order chi connectivity index (χ0) is 27.3. The van der Waals surface area contributed by atoms with Crippen LogP contribution in [-0.2, 0) is 27.9 Å². The molecule has 0 aliphatic rings. The number of halogens is 1. The molecule has 4 rings (SSSR count).